The predicted molar refractivity (Wildman–Crippen MR) is 99.0 cm³/mol. The maximum Gasteiger partial charge on any atom is 0.161 e. The maximum absolute atomic E-state index is 5.81. The molecule has 2 heterocycles. The number of pyridine rings is 1. The second kappa shape index (κ2) is 6.49. The normalized spacial score (nSPS) is 10.8. The van der Waals surface area contributed by atoms with Gasteiger partial charge in [-0.25, -0.2) is 4.98 Å². The first-order valence-electron chi connectivity index (χ1n) is 7.51. The number of benzene rings is 1. The van der Waals surface area contributed by atoms with Crippen molar-refractivity contribution in [2.45, 2.75) is 13.3 Å². The Hall–Kier alpha value is -2.60. The fourth-order valence-electron chi connectivity index (χ4n) is 2.75. The van der Waals surface area contributed by atoms with E-state index in [0.29, 0.717) is 22.9 Å². The average Bonchev–Trinajstić information content (AvgIpc) is 2.91. The van der Waals surface area contributed by atoms with E-state index in [-0.39, 0.29) is 0 Å². The van der Waals surface area contributed by atoms with Crippen LogP contribution in [0, 0.1) is 6.92 Å². The van der Waals surface area contributed by atoms with Crippen LogP contribution in [0.2, 0.25) is 0 Å². The van der Waals surface area contributed by atoms with Crippen molar-refractivity contribution in [2.75, 3.05) is 14.2 Å². The predicted octanol–water partition coefficient (Wildman–Crippen LogP) is 3.16. The SMILES string of the molecule is COc1ccc(-c2nc3ccc(C)cn3c2CC(N)=S)cc1OC. The molecule has 124 valence electrons. The van der Waals surface area contributed by atoms with Crippen LogP contribution in [0.3, 0.4) is 0 Å². The smallest absolute Gasteiger partial charge is 0.161 e. The number of hydrogen-bond acceptors (Lipinski definition) is 4. The summed E-state index contributed by atoms with van der Waals surface area (Å²) in [6, 6.07) is 9.76. The summed E-state index contributed by atoms with van der Waals surface area (Å²) in [7, 11) is 3.23. The van der Waals surface area contributed by atoms with Crippen molar-refractivity contribution in [1.29, 1.82) is 0 Å². The molecule has 6 heteroatoms. The highest BCUT2D eigenvalue weighted by Gasteiger charge is 2.16. The number of hydrogen-bond donors (Lipinski definition) is 1. The van der Waals surface area contributed by atoms with Gasteiger partial charge < -0.3 is 19.6 Å². The van der Waals surface area contributed by atoms with Gasteiger partial charge in [0.2, 0.25) is 0 Å². The van der Waals surface area contributed by atoms with Crippen molar-refractivity contribution < 1.29 is 9.47 Å². The van der Waals surface area contributed by atoms with Crippen LogP contribution in [0.15, 0.2) is 36.5 Å². The van der Waals surface area contributed by atoms with E-state index in [2.05, 4.69) is 0 Å². The Balaban J connectivity index is 2.23. The molecular formula is C18H19N3O2S. The minimum atomic E-state index is 0.431. The Bertz CT molecular complexity index is 918. The lowest BCUT2D eigenvalue weighted by Crippen LogP contribution is -2.13. The van der Waals surface area contributed by atoms with Crippen molar-refractivity contribution in [1.82, 2.24) is 9.38 Å². The van der Waals surface area contributed by atoms with E-state index in [1.54, 1.807) is 14.2 Å². The number of thiocarbonyl (C=S) groups is 1. The van der Waals surface area contributed by atoms with E-state index >= 15 is 0 Å². The summed E-state index contributed by atoms with van der Waals surface area (Å²) in [5.41, 5.74) is 10.5. The molecule has 2 aromatic heterocycles. The number of aromatic nitrogens is 2. The Labute approximate surface area is 146 Å². The third kappa shape index (κ3) is 2.92. The van der Waals surface area contributed by atoms with E-state index in [9.17, 15) is 0 Å². The molecule has 0 aliphatic rings. The van der Waals surface area contributed by atoms with Gasteiger partial charge in [-0.2, -0.15) is 0 Å². The van der Waals surface area contributed by atoms with Crippen molar-refractivity contribution >= 4 is 22.9 Å². The molecule has 0 radical (unpaired) electrons. The molecule has 0 amide bonds. The number of aryl methyl sites for hydroxylation is 1. The lowest BCUT2D eigenvalue weighted by Gasteiger charge is -2.10. The van der Waals surface area contributed by atoms with E-state index in [1.807, 2.05) is 47.9 Å². The Morgan fingerprint density at radius 1 is 1.17 bits per heavy atom. The molecule has 0 fully saturated rings. The summed E-state index contributed by atoms with van der Waals surface area (Å²) in [4.78, 5) is 5.19. The Kier molecular flexibility index (Phi) is 4.40. The van der Waals surface area contributed by atoms with Gasteiger partial charge in [-0.15, -0.1) is 0 Å². The molecule has 0 saturated heterocycles. The van der Waals surface area contributed by atoms with Crippen LogP contribution in [0.1, 0.15) is 11.3 Å². The second-order valence-corrected chi connectivity index (χ2v) is 6.08. The quantitative estimate of drug-likeness (QED) is 0.722. The minimum Gasteiger partial charge on any atom is -0.493 e. The van der Waals surface area contributed by atoms with Crippen LogP contribution in [0.25, 0.3) is 16.9 Å². The van der Waals surface area contributed by atoms with E-state index in [4.69, 9.17) is 32.4 Å². The van der Waals surface area contributed by atoms with Crippen LogP contribution in [-0.2, 0) is 6.42 Å². The lowest BCUT2D eigenvalue weighted by molar-refractivity contribution is 0.355. The topological polar surface area (TPSA) is 61.8 Å². The zero-order valence-corrected chi connectivity index (χ0v) is 14.7. The Morgan fingerprint density at radius 2 is 1.92 bits per heavy atom. The first kappa shape index (κ1) is 16.3. The van der Waals surface area contributed by atoms with Gasteiger partial charge in [0.25, 0.3) is 0 Å². The van der Waals surface area contributed by atoms with Crippen LogP contribution in [-0.4, -0.2) is 28.6 Å². The molecule has 5 nitrogen and oxygen atoms in total. The molecule has 0 atom stereocenters. The first-order chi connectivity index (χ1) is 11.5. The molecule has 3 rings (SSSR count). The van der Waals surface area contributed by atoms with Gasteiger partial charge in [0.15, 0.2) is 11.5 Å². The number of fused-ring (bicyclic) bond motifs is 1. The second-order valence-electron chi connectivity index (χ2n) is 5.55. The van der Waals surface area contributed by atoms with E-state index in [0.717, 1.165) is 28.2 Å². The fourth-order valence-corrected chi connectivity index (χ4v) is 2.88. The zero-order chi connectivity index (χ0) is 17.3. The monoisotopic (exact) mass is 341 g/mol. The van der Waals surface area contributed by atoms with Crippen molar-refractivity contribution in [3.8, 4) is 22.8 Å². The highest BCUT2D eigenvalue weighted by molar-refractivity contribution is 7.80. The van der Waals surface area contributed by atoms with E-state index < -0.39 is 0 Å². The fraction of sp³-hybridized carbons (Fsp3) is 0.222. The maximum atomic E-state index is 5.81. The summed E-state index contributed by atoms with van der Waals surface area (Å²) in [6.07, 6.45) is 2.52. The molecule has 0 spiro atoms. The number of ether oxygens (including phenoxy) is 2. The first-order valence-corrected chi connectivity index (χ1v) is 7.92. The van der Waals surface area contributed by atoms with Crippen LogP contribution in [0.5, 0.6) is 11.5 Å². The zero-order valence-electron chi connectivity index (χ0n) is 13.9. The van der Waals surface area contributed by atoms with Crippen LogP contribution in [0.4, 0.5) is 0 Å². The highest BCUT2D eigenvalue weighted by Crippen LogP contribution is 2.34. The van der Waals surface area contributed by atoms with Crippen molar-refractivity contribution in [3.63, 3.8) is 0 Å². The molecule has 3 aromatic rings. The molecular weight excluding hydrogens is 322 g/mol. The largest absolute Gasteiger partial charge is 0.493 e. The average molecular weight is 341 g/mol. The molecule has 2 N–H and O–H groups in total. The van der Waals surface area contributed by atoms with Crippen LogP contribution >= 0.6 is 12.2 Å². The van der Waals surface area contributed by atoms with Gasteiger partial charge in [-0.1, -0.05) is 18.3 Å². The number of imidazole rings is 1. The van der Waals surface area contributed by atoms with Gasteiger partial charge in [0.05, 0.1) is 30.6 Å². The molecule has 0 aliphatic carbocycles. The van der Waals surface area contributed by atoms with Crippen molar-refractivity contribution in [3.05, 3.63) is 47.8 Å². The van der Waals surface area contributed by atoms with Gasteiger partial charge in [0, 0.05) is 18.2 Å². The minimum absolute atomic E-state index is 0.431. The molecule has 1 aromatic carbocycles. The molecule has 0 saturated carbocycles. The van der Waals surface area contributed by atoms with Crippen LogP contribution < -0.4 is 15.2 Å². The van der Waals surface area contributed by atoms with E-state index in [1.165, 1.54) is 0 Å². The third-order valence-electron chi connectivity index (χ3n) is 3.86. The molecule has 0 aliphatic heterocycles. The van der Waals surface area contributed by atoms with Gasteiger partial charge in [-0.05, 0) is 36.8 Å². The molecule has 24 heavy (non-hydrogen) atoms. The van der Waals surface area contributed by atoms with Crippen molar-refractivity contribution in [2.24, 2.45) is 5.73 Å². The molecule has 0 bridgehead atoms. The summed E-state index contributed by atoms with van der Waals surface area (Å²) in [5, 5.41) is 0. The number of methoxy groups -OCH3 is 2. The Morgan fingerprint density at radius 3 is 2.58 bits per heavy atom. The van der Waals surface area contributed by atoms with Gasteiger partial charge >= 0.3 is 0 Å². The third-order valence-corrected chi connectivity index (χ3v) is 4.01. The summed E-state index contributed by atoms with van der Waals surface area (Å²) in [5.74, 6) is 1.33. The van der Waals surface area contributed by atoms with Gasteiger partial charge in [0.1, 0.15) is 5.65 Å². The summed E-state index contributed by atoms with van der Waals surface area (Å²) >= 11 is 5.13. The standard InChI is InChI=1S/C18H19N3O2S/c1-11-4-7-17-20-18(13(9-16(19)24)21(17)10-11)12-5-6-14(22-2)15(8-12)23-3/h4-8,10H,9H2,1-3H3,(H2,19,24). The number of nitrogens with two attached hydrogens (primary N) is 1. The molecule has 0 unspecified atom stereocenters. The number of nitrogens with zero attached hydrogens (tertiary/aromatic N) is 2. The summed E-state index contributed by atoms with van der Waals surface area (Å²) in [6.45, 7) is 2.04. The highest BCUT2D eigenvalue weighted by atomic mass is 32.1. The summed E-state index contributed by atoms with van der Waals surface area (Å²) < 4.78 is 12.7. The van der Waals surface area contributed by atoms with Gasteiger partial charge in [-0.3, -0.25) is 0 Å². The lowest BCUT2D eigenvalue weighted by atomic mass is 10.1. The number of rotatable bonds is 5.